The van der Waals surface area contributed by atoms with E-state index in [0.29, 0.717) is 17.1 Å². The Kier molecular flexibility index (Phi) is 2.91. The molecule has 0 fully saturated rings. The van der Waals surface area contributed by atoms with Crippen LogP contribution in [0.4, 0.5) is 11.5 Å². The first-order valence-corrected chi connectivity index (χ1v) is 4.08. The fraction of sp³-hybridized carbons (Fsp3) is 0.333. The molecular weight excluding hydrogens is 182 g/mol. The molecule has 2 N–H and O–H groups in total. The van der Waals surface area contributed by atoms with Crippen molar-refractivity contribution in [2.24, 2.45) is 0 Å². The van der Waals surface area contributed by atoms with Crippen molar-refractivity contribution in [1.29, 1.82) is 0 Å². The first-order valence-electron chi connectivity index (χ1n) is 4.08. The van der Waals surface area contributed by atoms with Gasteiger partial charge in [0.2, 0.25) is 0 Å². The van der Waals surface area contributed by atoms with E-state index in [4.69, 9.17) is 5.73 Å². The van der Waals surface area contributed by atoms with E-state index in [1.807, 2.05) is 0 Å². The van der Waals surface area contributed by atoms with E-state index in [2.05, 4.69) is 9.72 Å². The summed E-state index contributed by atoms with van der Waals surface area (Å²) in [6.07, 6.45) is 1.53. The smallest absolute Gasteiger partial charge is 0.340 e. The van der Waals surface area contributed by atoms with Crippen LogP contribution in [0.5, 0.6) is 0 Å². The monoisotopic (exact) mass is 195 g/mol. The third-order valence-corrected chi connectivity index (χ3v) is 1.80. The maximum Gasteiger partial charge on any atom is 0.340 e. The summed E-state index contributed by atoms with van der Waals surface area (Å²) in [5.74, 6) is 0.112. The molecule has 1 aromatic heterocycles. The molecule has 0 amide bonds. The summed E-state index contributed by atoms with van der Waals surface area (Å²) in [7, 11) is 4.93. The van der Waals surface area contributed by atoms with Gasteiger partial charge in [-0.25, -0.2) is 9.78 Å². The minimum atomic E-state index is -0.451. The number of carbonyl (C=O) groups is 1. The SMILES string of the molecule is COC(=O)c1ccnc(N(C)C)c1N. The number of carbonyl (C=O) groups excluding carboxylic acids is 1. The summed E-state index contributed by atoms with van der Waals surface area (Å²) >= 11 is 0. The number of nitrogens with two attached hydrogens (primary N) is 1. The van der Waals surface area contributed by atoms with Crippen molar-refractivity contribution in [3.8, 4) is 0 Å². The van der Waals surface area contributed by atoms with Crippen molar-refractivity contribution in [2.45, 2.75) is 0 Å². The Labute approximate surface area is 82.5 Å². The number of anilines is 2. The molecule has 0 aliphatic heterocycles. The van der Waals surface area contributed by atoms with E-state index in [1.54, 1.807) is 19.0 Å². The Hall–Kier alpha value is -1.78. The fourth-order valence-electron chi connectivity index (χ4n) is 1.11. The van der Waals surface area contributed by atoms with E-state index < -0.39 is 5.97 Å². The topological polar surface area (TPSA) is 68.5 Å². The second-order valence-electron chi connectivity index (χ2n) is 2.98. The summed E-state index contributed by atoms with van der Waals surface area (Å²) < 4.78 is 4.59. The predicted octanol–water partition coefficient (Wildman–Crippen LogP) is 0.516. The van der Waals surface area contributed by atoms with Gasteiger partial charge in [0.25, 0.3) is 0 Å². The lowest BCUT2D eigenvalue weighted by atomic mass is 10.2. The van der Waals surface area contributed by atoms with Crippen LogP contribution in [0.2, 0.25) is 0 Å². The summed E-state index contributed by atoms with van der Waals surface area (Å²) in [5.41, 5.74) is 6.43. The molecule has 1 rings (SSSR count). The van der Waals surface area contributed by atoms with E-state index in [9.17, 15) is 4.79 Å². The largest absolute Gasteiger partial charge is 0.465 e. The zero-order chi connectivity index (χ0) is 10.7. The first kappa shape index (κ1) is 10.3. The van der Waals surface area contributed by atoms with Crippen LogP contribution in [0.15, 0.2) is 12.3 Å². The van der Waals surface area contributed by atoms with Gasteiger partial charge in [-0.05, 0) is 6.07 Å². The van der Waals surface area contributed by atoms with Gasteiger partial charge in [0.1, 0.15) is 0 Å². The molecule has 0 saturated heterocycles. The lowest BCUT2D eigenvalue weighted by Crippen LogP contribution is -2.16. The van der Waals surface area contributed by atoms with Gasteiger partial charge in [-0.2, -0.15) is 0 Å². The van der Waals surface area contributed by atoms with Crippen LogP contribution in [-0.4, -0.2) is 32.2 Å². The van der Waals surface area contributed by atoms with E-state index in [0.717, 1.165) is 0 Å². The highest BCUT2D eigenvalue weighted by molar-refractivity contribution is 5.97. The number of aromatic nitrogens is 1. The Morgan fingerprint density at radius 2 is 2.21 bits per heavy atom. The first-order chi connectivity index (χ1) is 6.57. The number of hydrogen-bond donors (Lipinski definition) is 1. The average Bonchev–Trinajstić information content (AvgIpc) is 2.16. The molecule has 0 saturated carbocycles. The number of rotatable bonds is 2. The molecule has 0 radical (unpaired) electrons. The van der Waals surface area contributed by atoms with E-state index in [-0.39, 0.29) is 0 Å². The van der Waals surface area contributed by atoms with Crippen molar-refractivity contribution in [3.05, 3.63) is 17.8 Å². The Bertz CT molecular complexity index is 350. The standard InChI is InChI=1S/C9H13N3O2/c1-12(2)8-7(10)6(4-5-11-8)9(13)14-3/h4-5H,10H2,1-3H3. The van der Waals surface area contributed by atoms with Gasteiger partial charge >= 0.3 is 5.97 Å². The third-order valence-electron chi connectivity index (χ3n) is 1.80. The van der Waals surface area contributed by atoms with Gasteiger partial charge in [0, 0.05) is 20.3 Å². The highest BCUT2D eigenvalue weighted by Gasteiger charge is 2.14. The van der Waals surface area contributed by atoms with Crippen LogP contribution < -0.4 is 10.6 Å². The van der Waals surface area contributed by atoms with Crippen LogP contribution in [0.1, 0.15) is 10.4 Å². The maximum atomic E-state index is 11.3. The molecule has 0 aromatic carbocycles. The molecule has 14 heavy (non-hydrogen) atoms. The van der Waals surface area contributed by atoms with Gasteiger partial charge in [-0.15, -0.1) is 0 Å². The summed E-state index contributed by atoms with van der Waals surface area (Å²) in [4.78, 5) is 17.0. The summed E-state index contributed by atoms with van der Waals surface area (Å²) in [6, 6.07) is 1.54. The molecule has 5 nitrogen and oxygen atoms in total. The van der Waals surface area contributed by atoms with Crippen LogP contribution in [-0.2, 0) is 4.74 Å². The number of esters is 1. The van der Waals surface area contributed by atoms with Gasteiger partial charge in [-0.1, -0.05) is 0 Å². The third kappa shape index (κ3) is 1.76. The average molecular weight is 195 g/mol. The molecule has 0 bridgehead atoms. The van der Waals surface area contributed by atoms with Gasteiger partial charge < -0.3 is 15.4 Å². The lowest BCUT2D eigenvalue weighted by molar-refractivity contribution is 0.0602. The molecule has 0 unspecified atom stereocenters. The second kappa shape index (κ2) is 3.95. The Morgan fingerprint density at radius 1 is 1.57 bits per heavy atom. The van der Waals surface area contributed by atoms with Gasteiger partial charge in [0.15, 0.2) is 5.82 Å². The highest BCUT2D eigenvalue weighted by Crippen LogP contribution is 2.22. The molecule has 0 spiro atoms. The molecule has 76 valence electrons. The van der Waals surface area contributed by atoms with Crippen LogP contribution in [0, 0.1) is 0 Å². The Balaban J connectivity index is 3.20. The van der Waals surface area contributed by atoms with Crippen molar-refractivity contribution in [1.82, 2.24) is 4.98 Å². The minimum Gasteiger partial charge on any atom is -0.465 e. The molecule has 0 atom stereocenters. The lowest BCUT2D eigenvalue weighted by Gasteiger charge is -2.14. The van der Waals surface area contributed by atoms with Crippen LogP contribution in [0.3, 0.4) is 0 Å². The molecule has 0 aliphatic rings. The highest BCUT2D eigenvalue weighted by atomic mass is 16.5. The molecule has 1 aromatic rings. The summed E-state index contributed by atoms with van der Waals surface area (Å²) in [6.45, 7) is 0. The van der Waals surface area contributed by atoms with E-state index >= 15 is 0 Å². The zero-order valence-electron chi connectivity index (χ0n) is 8.44. The normalized spacial score (nSPS) is 9.64. The van der Waals surface area contributed by atoms with Gasteiger partial charge in [0.05, 0.1) is 18.4 Å². The van der Waals surface area contributed by atoms with Crippen molar-refractivity contribution < 1.29 is 9.53 Å². The van der Waals surface area contributed by atoms with Crippen molar-refractivity contribution >= 4 is 17.5 Å². The fourth-order valence-corrected chi connectivity index (χ4v) is 1.11. The molecule has 5 heteroatoms. The molecule has 0 aliphatic carbocycles. The number of pyridine rings is 1. The molecular formula is C9H13N3O2. The van der Waals surface area contributed by atoms with Gasteiger partial charge in [-0.3, -0.25) is 0 Å². The minimum absolute atomic E-state index is 0.337. The van der Waals surface area contributed by atoms with Crippen molar-refractivity contribution in [3.63, 3.8) is 0 Å². The molecule has 1 heterocycles. The van der Waals surface area contributed by atoms with E-state index in [1.165, 1.54) is 19.4 Å². The number of ether oxygens (including phenoxy) is 1. The van der Waals surface area contributed by atoms with Crippen LogP contribution >= 0.6 is 0 Å². The predicted molar refractivity (Wildman–Crippen MR) is 54.3 cm³/mol. The second-order valence-corrected chi connectivity index (χ2v) is 2.98. The number of hydrogen-bond acceptors (Lipinski definition) is 5. The quantitative estimate of drug-likeness (QED) is 0.696. The number of nitrogens with zero attached hydrogens (tertiary/aromatic N) is 2. The number of methoxy groups -OCH3 is 1. The zero-order valence-corrected chi connectivity index (χ0v) is 8.44. The number of nitrogen functional groups attached to an aromatic ring is 1. The Morgan fingerprint density at radius 3 is 2.71 bits per heavy atom. The van der Waals surface area contributed by atoms with Crippen molar-refractivity contribution in [2.75, 3.05) is 31.8 Å². The summed E-state index contributed by atoms with van der Waals surface area (Å²) in [5, 5.41) is 0. The maximum absolute atomic E-state index is 11.3. The van der Waals surface area contributed by atoms with Crippen LogP contribution in [0.25, 0.3) is 0 Å².